The molecule has 6 nitrogen and oxygen atoms in total. The van der Waals surface area contributed by atoms with E-state index >= 15 is 0 Å². The van der Waals surface area contributed by atoms with Crippen LogP contribution >= 0.6 is 0 Å². The van der Waals surface area contributed by atoms with Crippen molar-refractivity contribution in [3.63, 3.8) is 0 Å². The summed E-state index contributed by atoms with van der Waals surface area (Å²) < 4.78 is 116. The number of hydrogen-bond acceptors (Lipinski definition) is 4. The summed E-state index contributed by atoms with van der Waals surface area (Å²) in [7, 11) is 0. The first-order chi connectivity index (χ1) is 54.5. The molecular formula is C96H81BN6. The molecule has 103 heavy (non-hydrogen) atoms. The molecule has 4 heterocycles. The maximum Gasteiger partial charge on any atom is 0.252 e. The van der Waals surface area contributed by atoms with E-state index in [4.69, 9.17) is 5.48 Å². The smallest absolute Gasteiger partial charge is 0.252 e. The number of rotatable bonds is 8. The van der Waals surface area contributed by atoms with Gasteiger partial charge in [-0.25, -0.2) is 0 Å². The minimum atomic E-state index is -0.674. The Labute approximate surface area is 622 Å². The van der Waals surface area contributed by atoms with Crippen LogP contribution in [0.3, 0.4) is 0 Å². The molecule has 15 aromatic rings. The fraction of sp³-hybridized carbons (Fsp3) is 0.167. The van der Waals surface area contributed by atoms with E-state index in [1.807, 2.05) is 60.7 Å². The highest BCUT2D eigenvalue weighted by Crippen LogP contribution is 2.51. The molecule has 0 unspecified atom stereocenters. The zero-order valence-electron chi connectivity index (χ0n) is 71.8. The number of para-hydroxylation sites is 1. The van der Waals surface area contributed by atoms with Gasteiger partial charge in [0.05, 0.1) is 67.1 Å². The van der Waals surface area contributed by atoms with Crippen molar-refractivity contribution in [2.24, 2.45) is 0 Å². The van der Waals surface area contributed by atoms with Crippen molar-refractivity contribution in [3.05, 3.63) is 306 Å². The van der Waals surface area contributed by atoms with Gasteiger partial charge in [0.2, 0.25) is 0 Å². The Hall–Kier alpha value is -11.9. The van der Waals surface area contributed by atoms with Crippen LogP contribution in [0.1, 0.15) is 133 Å². The Balaban J connectivity index is 1.08. The van der Waals surface area contributed by atoms with Crippen molar-refractivity contribution in [1.29, 1.82) is 10.5 Å². The molecule has 7 heteroatoms. The first kappa shape index (κ1) is 52.1. The van der Waals surface area contributed by atoms with Gasteiger partial charge < -0.3 is 18.9 Å². The molecule has 498 valence electrons. The third-order valence-corrected chi connectivity index (χ3v) is 20.9. The average molecular weight is 1340 g/mol. The molecule has 2 aliphatic rings. The molecule has 13 aromatic carbocycles. The van der Waals surface area contributed by atoms with Crippen molar-refractivity contribution >= 4 is 101 Å². The van der Waals surface area contributed by atoms with E-state index in [1.54, 1.807) is 18.2 Å². The molecule has 0 atom stereocenters. The van der Waals surface area contributed by atoms with Crippen molar-refractivity contribution in [1.82, 2.24) is 9.13 Å². The zero-order valence-corrected chi connectivity index (χ0v) is 59.8. The topological polar surface area (TPSA) is 63.9 Å². The van der Waals surface area contributed by atoms with E-state index in [0.717, 1.165) is 93.8 Å². The Kier molecular flexibility index (Phi) is 12.1. The Bertz CT molecular complexity index is 6650. The Morgan fingerprint density at radius 1 is 0.320 bits per heavy atom. The van der Waals surface area contributed by atoms with Gasteiger partial charge in [-0.05, 0) is 214 Å². The van der Waals surface area contributed by atoms with Gasteiger partial charge in [-0.2, -0.15) is 10.5 Å². The molecule has 0 bridgehead atoms. The Morgan fingerprint density at radius 2 is 0.825 bits per heavy atom. The number of fused-ring (bicyclic) bond motifs is 10. The molecule has 0 saturated heterocycles. The lowest BCUT2D eigenvalue weighted by Crippen LogP contribution is -2.61. The second-order valence-corrected chi connectivity index (χ2v) is 31.6. The van der Waals surface area contributed by atoms with Crippen molar-refractivity contribution < 1.29 is 16.4 Å². The lowest BCUT2D eigenvalue weighted by atomic mass is 9.33. The van der Waals surface area contributed by atoms with Gasteiger partial charge in [-0.15, -0.1) is 0 Å². The number of aromatic nitrogens is 2. The lowest BCUT2D eigenvalue weighted by Gasteiger charge is -2.45. The van der Waals surface area contributed by atoms with Gasteiger partial charge in [0.1, 0.15) is 6.07 Å². The second kappa shape index (κ2) is 23.9. The molecule has 0 fully saturated rings. The Morgan fingerprint density at radius 3 is 1.39 bits per heavy atom. The van der Waals surface area contributed by atoms with Gasteiger partial charge in [-0.3, -0.25) is 0 Å². The largest absolute Gasteiger partial charge is 0.311 e. The molecule has 0 N–H and O–H groups in total. The van der Waals surface area contributed by atoms with Gasteiger partial charge in [0.25, 0.3) is 6.71 Å². The SMILES string of the molecule is [2H]c1c([2H])c([2H])c(-c2ccc3c(c2)N(c2cc(-c4ccccc4)cc(-c4ccccc4)c2)c2cc(-n4c5ccc(C(C)(C)C)cc5c5cc(C(C)(C)C)ccc54)cc4c2B3c2ccc(-c3cc(C(C)(C)C)cc(C(C)(C)C)c3)cc2N4c2cc(-n3c4c([2H])c([2H])c([2H])c([2H])c4c4c([2H])c(C#N)c([2H])c([2H])c43)ccc2C#N)c([2H])c1[2H]. The lowest BCUT2D eigenvalue weighted by molar-refractivity contribution is 0.569. The summed E-state index contributed by atoms with van der Waals surface area (Å²) in [5.41, 5.74) is 17.7. The highest BCUT2D eigenvalue weighted by molar-refractivity contribution is 7.00. The zero-order chi connectivity index (χ0) is 81.6. The molecule has 0 aliphatic carbocycles. The van der Waals surface area contributed by atoms with Gasteiger partial charge in [0, 0.05) is 55.7 Å². The van der Waals surface area contributed by atoms with Crippen LogP contribution in [-0.4, -0.2) is 15.8 Å². The standard InChI is InChI=1S/C96H81BN6/c1-93(2,3)70-36-42-85-79(53-70)80-54-71(94(4,5)6)37-43-86(80)101(85)76-56-90-92-91(57-76)103(87-55-74(38-33-66(87)59-99)100-83-31-23-22-30-77(83)78-44-60(58-98)32-41-84(78)100)89-51-65(69-46-72(95(7,8)9)52-73(47-69)96(10,11)12)35-40-82(89)97(92)81-39-34-64(61-24-16-13-17-25-61)50-88(81)102(90)75-48-67(62-26-18-14-19-27-62)45-68(49-75)63-28-20-15-21-29-63/h13-57H,1-12H3/i13D,16D,17D,22D,23D,24D,25D,30D,31D,32D,41D,44D. The molecule has 2 aliphatic heterocycles. The van der Waals surface area contributed by atoms with Crippen LogP contribution in [0.25, 0.3) is 99.5 Å². The molecular weight excluding hydrogens is 1250 g/mol. The van der Waals surface area contributed by atoms with E-state index in [-0.39, 0.29) is 72.4 Å². The highest BCUT2D eigenvalue weighted by atomic mass is 15.2. The van der Waals surface area contributed by atoms with Crippen LogP contribution in [0.5, 0.6) is 0 Å². The molecule has 0 spiro atoms. The number of nitriles is 2. The molecule has 0 radical (unpaired) electrons. The fourth-order valence-corrected chi connectivity index (χ4v) is 15.4. The highest BCUT2D eigenvalue weighted by Gasteiger charge is 2.45. The minimum Gasteiger partial charge on any atom is -0.311 e. The van der Waals surface area contributed by atoms with E-state index in [2.05, 4.69) is 231 Å². The second-order valence-electron chi connectivity index (χ2n) is 31.6. The quantitative estimate of drug-likeness (QED) is 0.142. The summed E-state index contributed by atoms with van der Waals surface area (Å²) in [4.78, 5) is 4.37. The molecule has 17 rings (SSSR count). The van der Waals surface area contributed by atoms with E-state index < -0.39 is 72.7 Å². The maximum atomic E-state index is 12.1. The van der Waals surface area contributed by atoms with Gasteiger partial charge >= 0.3 is 0 Å². The van der Waals surface area contributed by atoms with E-state index in [9.17, 15) is 21.5 Å². The monoisotopic (exact) mass is 1340 g/mol. The van der Waals surface area contributed by atoms with Crippen LogP contribution in [0.15, 0.2) is 273 Å². The molecule has 2 aromatic heterocycles. The predicted octanol–water partition coefficient (Wildman–Crippen LogP) is 23.6. The minimum absolute atomic E-state index is 0.0298. The maximum absolute atomic E-state index is 12.1. The van der Waals surface area contributed by atoms with Crippen LogP contribution in [0.4, 0.5) is 34.1 Å². The van der Waals surface area contributed by atoms with Crippen LogP contribution in [-0.2, 0) is 21.7 Å². The number of hydrogen-bond donors (Lipinski definition) is 0. The average Bonchev–Trinajstić information content (AvgIpc) is 1.31. The summed E-state index contributed by atoms with van der Waals surface area (Å²) in [6, 6.07) is 67.7. The number of nitrogens with zero attached hydrogens (tertiary/aromatic N) is 6. The normalized spacial score (nSPS) is 14.6. The summed E-state index contributed by atoms with van der Waals surface area (Å²) in [5, 5.41) is 24.5. The fourth-order valence-electron chi connectivity index (χ4n) is 15.4. The third-order valence-electron chi connectivity index (χ3n) is 20.9. The first-order valence-electron chi connectivity index (χ1n) is 41.1. The molecule has 0 amide bonds. The van der Waals surface area contributed by atoms with Crippen LogP contribution in [0.2, 0.25) is 0 Å². The summed E-state index contributed by atoms with van der Waals surface area (Å²) in [5.74, 6) is 0. The van der Waals surface area contributed by atoms with Gasteiger partial charge in [-0.1, -0.05) is 247 Å². The summed E-state index contributed by atoms with van der Waals surface area (Å²) in [6.07, 6.45) is 0. The van der Waals surface area contributed by atoms with Crippen LogP contribution < -0.4 is 26.2 Å². The van der Waals surface area contributed by atoms with Crippen LogP contribution in [0, 0.1) is 22.7 Å². The number of anilines is 6. The molecule has 0 saturated carbocycles. The summed E-state index contributed by atoms with van der Waals surface area (Å²) >= 11 is 0. The van der Waals surface area contributed by atoms with Crippen molar-refractivity contribution in [3.8, 4) is 68.0 Å². The number of benzene rings is 13. The predicted molar refractivity (Wildman–Crippen MR) is 435 cm³/mol. The van der Waals surface area contributed by atoms with Gasteiger partial charge in [0.15, 0.2) is 0 Å². The van der Waals surface area contributed by atoms with E-state index in [1.165, 1.54) is 4.57 Å². The van der Waals surface area contributed by atoms with Crippen molar-refractivity contribution in [2.45, 2.75) is 105 Å². The first-order valence-corrected chi connectivity index (χ1v) is 35.1. The third kappa shape index (κ3) is 10.9. The summed E-state index contributed by atoms with van der Waals surface area (Å²) in [6.45, 7) is 25.9. The van der Waals surface area contributed by atoms with E-state index in [0.29, 0.717) is 45.4 Å². The van der Waals surface area contributed by atoms with Crippen molar-refractivity contribution in [2.75, 3.05) is 9.80 Å².